The van der Waals surface area contributed by atoms with Gasteiger partial charge < -0.3 is 5.73 Å². The number of rotatable bonds is 1. The van der Waals surface area contributed by atoms with Crippen LogP contribution in [0.2, 0.25) is 5.02 Å². The molecular formula is C7H9ClN2. The Morgan fingerprint density at radius 3 is 2.80 bits per heavy atom. The zero-order valence-electron chi connectivity index (χ0n) is 5.71. The van der Waals surface area contributed by atoms with E-state index in [1.54, 1.807) is 18.3 Å². The van der Waals surface area contributed by atoms with Crippen LogP contribution in [0.15, 0.2) is 18.3 Å². The second-order valence-corrected chi connectivity index (χ2v) is 2.57. The third-order valence-electron chi connectivity index (χ3n) is 1.22. The van der Waals surface area contributed by atoms with Gasteiger partial charge in [0.1, 0.15) is 0 Å². The summed E-state index contributed by atoms with van der Waals surface area (Å²) in [6.45, 7) is 1.86. The van der Waals surface area contributed by atoms with Crippen LogP contribution in [0.25, 0.3) is 0 Å². The fraction of sp³-hybridized carbons (Fsp3) is 0.286. The van der Waals surface area contributed by atoms with E-state index in [0.29, 0.717) is 5.02 Å². The lowest BCUT2D eigenvalue weighted by Gasteiger charge is -2.04. The van der Waals surface area contributed by atoms with Crippen LogP contribution in [0.3, 0.4) is 0 Å². The van der Waals surface area contributed by atoms with Gasteiger partial charge in [0.15, 0.2) is 0 Å². The summed E-state index contributed by atoms with van der Waals surface area (Å²) in [7, 11) is 0. The molecule has 2 N–H and O–H groups in total. The van der Waals surface area contributed by atoms with E-state index in [0.717, 1.165) is 5.69 Å². The normalized spacial score (nSPS) is 13.1. The summed E-state index contributed by atoms with van der Waals surface area (Å²) >= 11 is 5.78. The molecule has 0 saturated carbocycles. The first-order valence-electron chi connectivity index (χ1n) is 3.08. The minimum absolute atomic E-state index is 0.0892. The highest BCUT2D eigenvalue weighted by atomic mass is 35.5. The second kappa shape index (κ2) is 2.99. The molecule has 1 heterocycles. The summed E-state index contributed by atoms with van der Waals surface area (Å²) in [6, 6.07) is 3.48. The third-order valence-corrected chi connectivity index (χ3v) is 1.54. The van der Waals surface area contributed by atoms with Gasteiger partial charge in [-0.25, -0.2) is 0 Å². The lowest BCUT2D eigenvalue weighted by Crippen LogP contribution is -2.07. The first-order chi connectivity index (χ1) is 4.72. The maximum absolute atomic E-state index is 5.78. The number of aromatic nitrogens is 1. The lowest BCUT2D eigenvalue weighted by atomic mass is 10.2. The maximum Gasteiger partial charge on any atom is 0.0753 e. The molecule has 0 aliphatic heterocycles. The third kappa shape index (κ3) is 1.46. The molecule has 0 radical (unpaired) electrons. The summed E-state index contributed by atoms with van der Waals surface area (Å²) in [5.41, 5.74) is 6.32. The molecule has 0 spiro atoms. The smallest absolute Gasteiger partial charge is 0.0753 e. The minimum Gasteiger partial charge on any atom is -0.323 e. The zero-order chi connectivity index (χ0) is 7.56. The number of nitrogens with two attached hydrogens (primary N) is 1. The Labute approximate surface area is 65.0 Å². The van der Waals surface area contributed by atoms with Gasteiger partial charge in [-0.15, -0.1) is 0 Å². The SMILES string of the molecule is C[C@H](N)c1ncccc1Cl. The van der Waals surface area contributed by atoms with Gasteiger partial charge in [0.05, 0.1) is 10.7 Å². The predicted molar refractivity (Wildman–Crippen MR) is 41.8 cm³/mol. The summed E-state index contributed by atoms with van der Waals surface area (Å²) in [6.07, 6.45) is 1.69. The molecule has 0 aliphatic carbocycles. The minimum atomic E-state index is -0.0892. The fourth-order valence-electron chi connectivity index (χ4n) is 0.733. The Morgan fingerprint density at radius 2 is 2.40 bits per heavy atom. The van der Waals surface area contributed by atoms with Crippen molar-refractivity contribution in [2.75, 3.05) is 0 Å². The molecule has 1 aromatic heterocycles. The van der Waals surface area contributed by atoms with E-state index < -0.39 is 0 Å². The van der Waals surface area contributed by atoms with Crippen molar-refractivity contribution in [2.45, 2.75) is 13.0 Å². The Morgan fingerprint density at radius 1 is 1.70 bits per heavy atom. The van der Waals surface area contributed by atoms with E-state index in [9.17, 15) is 0 Å². The molecular weight excluding hydrogens is 148 g/mol. The molecule has 1 rings (SSSR count). The van der Waals surface area contributed by atoms with Crippen LogP contribution in [0.5, 0.6) is 0 Å². The van der Waals surface area contributed by atoms with Crippen molar-refractivity contribution in [3.8, 4) is 0 Å². The van der Waals surface area contributed by atoms with E-state index in [1.165, 1.54) is 0 Å². The molecule has 0 amide bonds. The number of pyridine rings is 1. The first kappa shape index (κ1) is 7.51. The number of halogens is 1. The van der Waals surface area contributed by atoms with E-state index in [-0.39, 0.29) is 6.04 Å². The van der Waals surface area contributed by atoms with Crippen molar-refractivity contribution in [1.29, 1.82) is 0 Å². The van der Waals surface area contributed by atoms with Crippen molar-refractivity contribution < 1.29 is 0 Å². The largest absolute Gasteiger partial charge is 0.323 e. The zero-order valence-corrected chi connectivity index (χ0v) is 6.47. The Balaban J connectivity index is 3.03. The van der Waals surface area contributed by atoms with Gasteiger partial charge in [0.2, 0.25) is 0 Å². The monoisotopic (exact) mass is 156 g/mol. The maximum atomic E-state index is 5.78. The molecule has 0 unspecified atom stereocenters. The number of nitrogens with zero attached hydrogens (tertiary/aromatic N) is 1. The summed E-state index contributed by atoms with van der Waals surface area (Å²) in [5, 5.41) is 0.637. The molecule has 0 fully saturated rings. The van der Waals surface area contributed by atoms with Crippen LogP contribution >= 0.6 is 11.6 Å². The molecule has 10 heavy (non-hydrogen) atoms. The second-order valence-electron chi connectivity index (χ2n) is 2.16. The van der Waals surface area contributed by atoms with Gasteiger partial charge >= 0.3 is 0 Å². The van der Waals surface area contributed by atoms with E-state index in [1.807, 2.05) is 6.92 Å². The van der Waals surface area contributed by atoms with E-state index in [4.69, 9.17) is 17.3 Å². The van der Waals surface area contributed by atoms with Crippen LogP contribution in [-0.4, -0.2) is 4.98 Å². The first-order valence-corrected chi connectivity index (χ1v) is 3.45. The van der Waals surface area contributed by atoms with Crippen molar-refractivity contribution in [2.24, 2.45) is 5.73 Å². The molecule has 0 aliphatic rings. The van der Waals surface area contributed by atoms with Crippen molar-refractivity contribution >= 4 is 11.6 Å². The Bertz CT molecular complexity index is 223. The molecule has 54 valence electrons. The highest BCUT2D eigenvalue weighted by Crippen LogP contribution is 2.16. The summed E-state index contributed by atoms with van der Waals surface area (Å²) < 4.78 is 0. The van der Waals surface area contributed by atoms with Crippen LogP contribution in [0, 0.1) is 0 Å². The fourth-order valence-corrected chi connectivity index (χ4v) is 1.03. The lowest BCUT2D eigenvalue weighted by molar-refractivity contribution is 0.781. The number of hydrogen-bond donors (Lipinski definition) is 1. The Hall–Kier alpha value is -0.600. The average molecular weight is 157 g/mol. The van der Waals surface area contributed by atoms with E-state index in [2.05, 4.69) is 4.98 Å². The summed E-state index contributed by atoms with van der Waals surface area (Å²) in [4.78, 5) is 4.02. The molecule has 2 nitrogen and oxygen atoms in total. The van der Waals surface area contributed by atoms with Gasteiger partial charge in [0, 0.05) is 12.2 Å². The molecule has 0 bridgehead atoms. The topological polar surface area (TPSA) is 38.9 Å². The van der Waals surface area contributed by atoms with Gasteiger partial charge in [0.25, 0.3) is 0 Å². The standard InChI is InChI=1S/C7H9ClN2/c1-5(9)7-6(8)3-2-4-10-7/h2-5H,9H2,1H3/t5-/m0/s1. The molecule has 3 heteroatoms. The van der Waals surface area contributed by atoms with Crippen LogP contribution in [0.1, 0.15) is 18.7 Å². The van der Waals surface area contributed by atoms with Crippen molar-refractivity contribution in [1.82, 2.24) is 4.98 Å². The van der Waals surface area contributed by atoms with E-state index >= 15 is 0 Å². The van der Waals surface area contributed by atoms with Gasteiger partial charge in [-0.05, 0) is 19.1 Å². The van der Waals surface area contributed by atoms with Crippen LogP contribution in [-0.2, 0) is 0 Å². The Kier molecular flexibility index (Phi) is 2.25. The van der Waals surface area contributed by atoms with Crippen molar-refractivity contribution in [3.05, 3.63) is 29.0 Å². The molecule has 0 aromatic carbocycles. The highest BCUT2D eigenvalue weighted by molar-refractivity contribution is 6.31. The quantitative estimate of drug-likeness (QED) is 0.673. The summed E-state index contributed by atoms with van der Waals surface area (Å²) in [5.74, 6) is 0. The number of hydrogen-bond acceptors (Lipinski definition) is 2. The van der Waals surface area contributed by atoms with Gasteiger partial charge in [-0.3, -0.25) is 4.98 Å². The molecule has 1 aromatic rings. The predicted octanol–water partition coefficient (Wildman–Crippen LogP) is 1.75. The molecule has 1 atom stereocenters. The van der Waals surface area contributed by atoms with Crippen molar-refractivity contribution in [3.63, 3.8) is 0 Å². The van der Waals surface area contributed by atoms with Gasteiger partial charge in [-0.2, -0.15) is 0 Å². The van der Waals surface area contributed by atoms with Crippen LogP contribution < -0.4 is 5.73 Å². The molecule has 0 saturated heterocycles. The van der Waals surface area contributed by atoms with Gasteiger partial charge in [-0.1, -0.05) is 11.6 Å². The van der Waals surface area contributed by atoms with Crippen LogP contribution in [0.4, 0.5) is 0 Å². The average Bonchev–Trinajstić information content (AvgIpc) is 1.88. The highest BCUT2D eigenvalue weighted by Gasteiger charge is 2.03.